The van der Waals surface area contributed by atoms with Crippen molar-refractivity contribution >= 4 is 16.0 Å². The number of aliphatic imine (C=N–C) groups is 1. The third kappa shape index (κ3) is 5.28. The van der Waals surface area contributed by atoms with E-state index >= 15 is 0 Å². The van der Waals surface area contributed by atoms with Crippen molar-refractivity contribution < 1.29 is 17.9 Å². The molecule has 8 nitrogen and oxygen atoms in total. The summed E-state index contributed by atoms with van der Waals surface area (Å²) in [5.41, 5.74) is 0.640. The van der Waals surface area contributed by atoms with E-state index < -0.39 is 10.0 Å². The van der Waals surface area contributed by atoms with E-state index in [9.17, 15) is 8.42 Å². The topological polar surface area (TPSA) is 101 Å². The molecule has 0 aromatic heterocycles. The van der Waals surface area contributed by atoms with Gasteiger partial charge in [0.25, 0.3) is 0 Å². The van der Waals surface area contributed by atoms with Gasteiger partial charge in [0.05, 0.1) is 17.1 Å². The van der Waals surface area contributed by atoms with Crippen molar-refractivity contribution in [2.75, 3.05) is 34.4 Å². The highest BCUT2D eigenvalue weighted by molar-refractivity contribution is 7.89. The lowest BCUT2D eigenvalue weighted by Gasteiger charge is -2.59. The zero-order valence-electron chi connectivity index (χ0n) is 18.2. The van der Waals surface area contributed by atoms with Gasteiger partial charge in [0, 0.05) is 45.8 Å². The highest BCUT2D eigenvalue weighted by Gasteiger charge is 2.58. The molecule has 0 amide bonds. The molecule has 2 rings (SSSR count). The van der Waals surface area contributed by atoms with Crippen molar-refractivity contribution in [3.05, 3.63) is 29.8 Å². The molecule has 1 saturated carbocycles. The molecule has 9 heteroatoms. The maximum atomic E-state index is 12.4. The number of nitrogens with one attached hydrogen (secondary N) is 3. The number of rotatable bonds is 9. The smallest absolute Gasteiger partial charge is 0.240 e. The number of hydrogen-bond donors (Lipinski definition) is 3. The fourth-order valence-electron chi connectivity index (χ4n) is 3.45. The van der Waals surface area contributed by atoms with Crippen LogP contribution >= 0.6 is 0 Å². The average Bonchev–Trinajstić information content (AvgIpc) is 2.70. The van der Waals surface area contributed by atoms with Crippen LogP contribution in [-0.2, 0) is 26.0 Å². The summed E-state index contributed by atoms with van der Waals surface area (Å²) in [5, 5.41) is 6.71. The number of ether oxygens (including phenoxy) is 2. The first-order chi connectivity index (χ1) is 13.6. The molecule has 1 aromatic carbocycles. The summed E-state index contributed by atoms with van der Waals surface area (Å²) in [7, 11) is 1.43. The van der Waals surface area contributed by atoms with Crippen LogP contribution in [-0.4, -0.2) is 60.4 Å². The Bertz CT molecular complexity index is 826. The highest BCUT2D eigenvalue weighted by Crippen LogP contribution is 2.51. The lowest BCUT2D eigenvalue weighted by molar-refractivity contribution is -0.176. The number of methoxy groups -OCH3 is 2. The van der Waals surface area contributed by atoms with Crippen LogP contribution < -0.4 is 15.4 Å². The summed E-state index contributed by atoms with van der Waals surface area (Å²) >= 11 is 0. The van der Waals surface area contributed by atoms with Crippen LogP contribution in [0.15, 0.2) is 34.2 Å². The molecule has 0 spiro atoms. The SMILES string of the molecule is CN=C(NCc1cccc(S(=O)(=O)NCCOC)c1)NC1CC(C)(OC)C1(C)C. The molecule has 0 saturated heterocycles. The molecule has 0 heterocycles. The monoisotopic (exact) mass is 426 g/mol. The van der Waals surface area contributed by atoms with Crippen LogP contribution in [0.5, 0.6) is 0 Å². The third-order valence-corrected chi connectivity index (χ3v) is 7.54. The Hall–Kier alpha value is -1.68. The minimum Gasteiger partial charge on any atom is -0.383 e. The second-order valence-electron chi connectivity index (χ2n) is 8.02. The number of guanidine groups is 1. The Morgan fingerprint density at radius 1 is 1.28 bits per heavy atom. The summed E-state index contributed by atoms with van der Waals surface area (Å²) in [5.74, 6) is 0.674. The van der Waals surface area contributed by atoms with Crippen LogP contribution in [0.4, 0.5) is 0 Å². The molecule has 0 bridgehead atoms. The number of nitrogens with zero attached hydrogens (tertiary/aromatic N) is 1. The van der Waals surface area contributed by atoms with Crippen LogP contribution in [0.25, 0.3) is 0 Å². The van der Waals surface area contributed by atoms with Crippen LogP contribution in [0, 0.1) is 5.41 Å². The van der Waals surface area contributed by atoms with E-state index in [1.165, 1.54) is 7.11 Å². The molecule has 1 aliphatic rings. The molecule has 1 fully saturated rings. The minimum atomic E-state index is -3.56. The van der Waals surface area contributed by atoms with Crippen molar-refractivity contribution in [1.82, 2.24) is 15.4 Å². The maximum Gasteiger partial charge on any atom is 0.240 e. The summed E-state index contributed by atoms with van der Waals surface area (Å²) in [6.45, 7) is 7.48. The van der Waals surface area contributed by atoms with Gasteiger partial charge in [0.15, 0.2) is 5.96 Å². The van der Waals surface area contributed by atoms with E-state index in [-0.39, 0.29) is 28.5 Å². The van der Waals surface area contributed by atoms with Gasteiger partial charge in [-0.3, -0.25) is 4.99 Å². The Balaban J connectivity index is 1.97. The third-order valence-electron chi connectivity index (χ3n) is 6.08. The summed E-state index contributed by atoms with van der Waals surface area (Å²) in [4.78, 5) is 4.52. The van der Waals surface area contributed by atoms with E-state index in [1.54, 1.807) is 32.4 Å². The van der Waals surface area contributed by atoms with Gasteiger partial charge >= 0.3 is 0 Å². The van der Waals surface area contributed by atoms with E-state index in [0.29, 0.717) is 19.1 Å². The largest absolute Gasteiger partial charge is 0.383 e. The standard InChI is InChI=1S/C20H34N4O4S/c1-19(2)17(13-20(19,3)28-6)24-18(21-4)22-14-15-8-7-9-16(12-15)29(25,26)23-10-11-27-5/h7-9,12,17,23H,10-11,13-14H2,1-6H3,(H2,21,22,24). The second-order valence-corrected chi connectivity index (χ2v) is 9.79. The van der Waals surface area contributed by atoms with E-state index in [2.05, 4.69) is 41.1 Å². The Labute approximate surface area is 174 Å². The predicted octanol–water partition coefficient (Wildman–Crippen LogP) is 1.48. The second kappa shape index (κ2) is 9.42. The van der Waals surface area contributed by atoms with Gasteiger partial charge in [-0.1, -0.05) is 26.0 Å². The van der Waals surface area contributed by atoms with Gasteiger partial charge in [-0.25, -0.2) is 13.1 Å². The zero-order valence-corrected chi connectivity index (χ0v) is 19.0. The first-order valence-electron chi connectivity index (χ1n) is 9.69. The van der Waals surface area contributed by atoms with Crippen LogP contribution in [0.2, 0.25) is 0 Å². The molecule has 3 N–H and O–H groups in total. The zero-order chi connectivity index (χ0) is 21.7. The summed E-state index contributed by atoms with van der Waals surface area (Å²) < 4.78 is 37.8. The van der Waals surface area contributed by atoms with Crippen LogP contribution in [0.1, 0.15) is 32.8 Å². The first-order valence-corrected chi connectivity index (χ1v) is 11.2. The van der Waals surface area contributed by atoms with Gasteiger partial charge < -0.3 is 20.1 Å². The minimum absolute atomic E-state index is 0.0404. The van der Waals surface area contributed by atoms with Crippen LogP contribution in [0.3, 0.4) is 0 Å². The Morgan fingerprint density at radius 3 is 2.59 bits per heavy atom. The summed E-state index contributed by atoms with van der Waals surface area (Å²) in [6, 6.07) is 7.08. The van der Waals surface area contributed by atoms with Crippen molar-refractivity contribution in [2.45, 2.75) is 50.3 Å². The van der Waals surface area contributed by atoms with Gasteiger partial charge in [-0.2, -0.15) is 0 Å². The normalized spacial score (nSPS) is 24.1. The fourth-order valence-corrected chi connectivity index (χ4v) is 4.54. The van der Waals surface area contributed by atoms with Crippen molar-refractivity contribution in [1.29, 1.82) is 0 Å². The number of benzene rings is 1. The molecule has 29 heavy (non-hydrogen) atoms. The molecule has 0 aliphatic heterocycles. The molecule has 1 aliphatic carbocycles. The quantitative estimate of drug-likeness (QED) is 0.314. The Kier molecular flexibility index (Phi) is 7.67. The maximum absolute atomic E-state index is 12.4. The molecule has 2 atom stereocenters. The molecule has 1 aromatic rings. The van der Waals surface area contributed by atoms with E-state index in [0.717, 1.165) is 12.0 Å². The molecule has 164 valence electrons. The number of sulfonamides is 1. The average molecular weight is 427 g/mol. The summed E-state index contributed by atoms with van der Waals surface area (Å²) in [6.07, 6.45) is 0.887. The molecule has 2 unspecified atom stereocenters. The van der Waals surface area contributed by atoms with Gasteiger partial charge in [0.2, 0.25) is 10.0 Å². The van der Waals surface area contributed by atoms with Gasteiger partial charge in [-0.05, 0) is 31.0 Å². The number of hydrogen-bond acceptors (Lipinski definition) is 5. The van der Waals surface area contributed by atoms with Crippen molar-refractivity contribution in [3.8, 4) is 0 Å². The molecule has 0 radical (unpaired) electrons. The highest BCUT2D eigenvalue weighted by atomic mass is 32.2. The van der Waals surface area contributed by atoms with E-state index in [4.69, 9.17) is 9.47 Å². The predicted molar refractivity (Wildman–Crippen MR) is 114 cm³/mol. The Morgan fingerprint density at radius 2 is 2.00 bits per heavy atom. The van der Waals surface area contributed by atoms with Gasteiger partial charge in [-0.15, -0.1) is 0 Å². The van der Waals surface area contributed by atoms with Crippen molar-refractivity contribution in [3.63, 3.8) is 0 Å². The van der Waals surface area contributed by atoms with Gasteiger partial charge in [0.1, 0.15) is 0 Å². The molecular formula is C20H34N4O4S. The van der Waals surface area contributed by atoms with Crippen molar-refractivity contribution in [2.24, 2.45) is 10.4 Å². The van der Waals surface area contributed by atoms with E-state index in [1.807, 2.05) is 6.07 Å². The lowest BCUT2D eigenvalue weighted by Crippen LogP contribution is -2.69. The molecular weight excluding hydrogens is 392 g/mol. The lowest BCUT2D eigenvalue weighted by atomic mass is 9.56. The fraction of sp³-hybridized carbons (Fsp3) is 0.650. The first kappa shape index (κ1) is 23.6.